The van der Waals surface area contributed by atoms with Crippen LogP contribution in [0.25, 0.3) is 31.2 Å². The number of ether oxygens (including phenoxy) is 1. The molecule has 0 radical (unpaired) electrons. The minimum absolute atomic E-state index is 0.0487. The van der Waals surface area contributed by atoms with Crippen molar-refractivity contribution in [3.63, 3.8) is 0 Å². The van der Waals surface area contributed by atoms with Gasteiger partial charge in [0.15, 0.2) is 0 Å². The molecule has 2 heterocycles. The molecule has 0 atom stereocenters. The van der Waals surface area contributed by atoms with E-state index in [9.17, 15) is 4.79 Å². The SMILES string of the molecule is COc1ccc2c(=O)c3[nH]c4ccccc4c3sc2c1. The third-order valence-corrected chi connectivity index (χ3v) is 4.72. The van der Waals surface area contributed by atoms with Crippen LogP contribution in [0.4, 0.5) is 0 Å². The average Bonchev–Trinajstić information content (AvgIpc) is 2.86. The van der Waals surface area contributed by atoms with Crippen LogP contribution in [-0.2, 0) is 0 Å². The summed E-state index contributed by atoms with van der Waals surface area (Å²) in [6, 6.07) is 13.6. The Labute approximate surface area is 118 Å². The Morgan fingerprint density at radius 3 is 2.80 bits per heavy atom. The van der Waals surface area contributed by atoms with Crippen molar-refractivity contribution in [2.45, 2.75) is 0 Å². The Morgan fingerprint density at radius 2 is 1.95 bits per heavy atom. The fourth-order valence-electron chi connectivity index (χ4n) is 2.53. The van der Waals surface area contributed by atoms with E-state index in [4.69, 9.17) is 4.74 Å². The van der Waals surface area contributed by atoms with E-state index in [2.05, 4.69) is 4.98 Å². The highest BCUT2D eigenvalue weighted by atomic mass is 32.1. The maximum atomic E-state index is 12.6. The predicted molar refractivity (Wildman–Crippen MR) is 84.0 cm³/mol. The van der Waals surface area contributed by atoms with Gasteiger partial charge in [0.25, 0.3) is 0 Å². The van der Waals surface area contributed by atoms with Crippen LogP contribution in [0.15, 0.2) is 47.3 Å². The minimum Gasteiger partial charge on any atom is -0.497 e. The number of nitrogens with one attached hydrogen (secondary N) is 1. The van der Waals surface area contributed by atoms with Crippen molar-refractivity contribution >= 4 is 42.5 Å². The van der Waals surface area contributed by atoms with E-state index in [0.717, 1.165) is 31.4 Å². The summed E-state index contributed by atoms with van der Waals surface area (Å²) in [5.74, 6) is 0.771. The molecule has 20 heavy (non-hydrogen) atoms. The van der Waals surface area contributed by atoms with Crippen LogP contribution >= 0.6 is 11.3 Å². The molecule has 0 aliphatic heterocycles. The van der Waals surface area contributed by atoms with Crippen LogP contribution in [-0.4, -0.2) is 12.1 Å². The molecule has 2 aromatic heterocycles. The molecule has 0 unspecified atom stereocenters. The van der Waals surface area contributed by atoms with Gasteiger partial charge in [-0.2, -0.15) is 0 Å². The van der Waals surface area contributed by atoms with E-state index >= 15 is 0 Å². The van der Waals surface area contributed by atoms with E-state index < -0.39 is 0 Å². The fourth-order valence-corrected chi connectivity index (χ4v) is 3.73. The number of rotatable bonds is 1. The molecule has 3 nitrogen and oxygen atoms in total. The van der Waals surface area contributed by atoms with Crippen molar-refractivity contribution in [3.8, 4) is 5.75 Å². The molecule has 4 aromatic rings. The molecule has 4 rings (SSSR count). The molecule has 0 saturated heterocycles. The maximum Gasteiger partial charge on any atom is 0.212 e. The highest BCUT2D eigenvalue weighted by Crippen LogP contribution is 2.32. The summed E-state index contributed by atoms with van der Waals surface area (Å²) in [4.78, 5) is 15.8. The summed E-state index contributed by atoms with van der Waals surface area (Å²) in [6.07, 6.45) is 0. The van der Waals surface area contributed by atoms with Gasteiger partial charge in [0.05, 0.1) is 11.8 Å². The van der Waals surface area contributed by atoms with Gasteiger partial charge in [0.1, 0.15) is 11.3 Å². The lowest BCUT2D eigenvalue weighted by Crippen LogP contribution is -2.00. The van der Waals surface area contributed by atoms with E-state index in [1.165, 1.54) is 0 Å². The van der Waals surface area contributed by atoms with Crippen LogP contribution in [0, 0.1) is 0 Å². The zero-order valence-corrected chi connectivity index (χ0v) is 11.6. The average molecular weight is 281 g/mol. The smallest absolute Gasteiger partial charge is 0.212 e. The Morgan fingerprint density at radius 1 is 1.10 bits per heavy atom. The lowest BCUT2D eigenvalue weighted by molar-refractivity contribution is 0.415. The number of benzene rings is 2. The van der Waals surface area contributed by atoms with Crippen LogP contribution in [0.1, 0.15) is 0 Å². The van der Waals surface area contributed by atoms with Gasteiger partial charge in [-0.25, -0.2) is 0 Å². The number of aromatic amines is 1. The molecule has 1 N–H and O–H groups in total. The highest BCUT2D eigenvalue weighted by molar-refractivity contribution is 7.25. The van der Waals surface area contributed by atoms with Gasteiger partial charge in [0.2, 0.25) is 5.43 Å². The Kier molecular flexibility index (Phi) is 2.35. The van der Waals surface area contributed by atoms with Gasteiger partial charge in [-0.3, -0.25) is 4.79 Å². The molecule has 0 fully saturated rings. The first-order valence-corrected chi connectivity index (χ1v) is 7.11. The first-order chi connectivity index (χ1) is 9.78. The Bertz CT molecular complexity index is 1010. The minimum atomic E-state index is 0.0487. The van der Waals surface area contributed by atoms with E-state index in [1.54, 1.807) is 18.4 Å². The Balaban J connectivity index is 2.25. The molecule has 0 saturated carbocycles. The predicted octanol–water partition coefficient (Wildman–Crippen LogP) is 3.90. The number of aromatic nitrogens is 1. The number of hydrogen-bond acceptors (Lipinski definition) is 3. The summed E-state index contributed by atoms with van der Waals surface area (Å²) in [5.41, 5.74) is 1.74. The number of fused-ring (bicyclic) bond motifs is 4. The first-order valence-electron chi connectivity index (χ1n) is 6.29. The monoisotopic (exact) mass is 281 g/mol. The topological polar surface area (TPSA) is 42.1 Å². The zero-order chi connectivity index (χ0) is 13.7. The molecule has 98 valence electrons. The normalized spacial score (nSPS) is 11.4. The van der Waals surface area contributed by atoms with E-state index in [-0.39, 0.29) is 5.43 Å². The van der Waals surface area contributed by atoms with Crippen molar-refractivity contribution in [3.05, 3.63) is 52.7 Å². The van der Waals surface area contributed by atoms with Crippen LogP contribution in [0.5, 0.6) is 5.75 Å². The van der Waals surface area contributed by atoms with Crippen molar-refractivity contribution in [2.75, 3.05) is 7.11 Å². The first kappa shape index (κ1) is 11.5. The van der Waals surface area contributed by atoms with Gasteiger partial charge >= 0.3 is 0 Å². The maximum absolute atomic E-state index is 12.6. The summed E-state index contributed by atoms with van der Waals surface area (Å²) in [7, 11) is 1.63. The summed E-state index contributed by atoms with van der Waals surface area (Å²) in [5, 5.41) is 1.82. The highest BCUT2D eigenvalue weighted by Gasteiger charge is 2.11. The molecular weight excluding hydrogens is 270 g/mol. The molecule has 2 aromatic carbocycles. The molecule has 0 amide bonds. The number of methoxy groups -OCH3 is 1. The van der Waals surface area contributed by atoms with Crippen molar-refractivity contribution in [1.29, 1.82) is 0 Å². The van der Waals surface area contributed by atoms with Gasteiger partial charge in [0, 0.05) is 21.0 Å². The summed E-state index contributed by atoms with van der Waals surface area (Å²) >= 11 is 1.62. The molecule has 0 aliphatic carbocycles. The summed E-state index contributed by atoms with van der Waals surface area (Å²) < 4.78 is 7.20. The van der Waals surface area contributed by atoms with E-state index in [1.807, 2.05) is 42.5 Å². The molecular formula is C16H11NO2S. The second-order valence-electron chi connectivity index (χ2n) is 4.67. The second kappa shape index (κ2) is 4.08. The van der Waals surface area contributed by atoms with Gasteiger partial charge < -0.3 is 9.72 Å². The van der Waals surface area contributed by atoms with Gasteiger partial charge in [-0.05, 0) is 24.3 Å². The zero-order valence-electron chi connectivity index (χ0n) is 10.8. The molecule has 0 spiro atoms. The quantitative estimate of drug-likeness (QED) is 0.575. The lowest BCUT2D eigenvalue weighted by atomic mass is 10.2. The van der Waals surface area contributed by atoms with Crippen LogP contribution in [0.2, 0.25) is 0 Å². The van der Waals surface area contributed by atoms with Crippen LogP contribution < -0.4 is 10.2 Å². The number of hydrogen-bond donors (Lipinski definition) is 1. The largest absolute Gasteiger partial charge is 0.497 e. The fraction of sp³-hybridized carbons (Fsp3) is 0.0625. The van der Waals surface area contributed by atoms with Crippen molar-refractivity contribution in [1.82, 2.24) is 4.98 Å². The number of para-hydroxylation sites is 1. The Hall–Kier alpha value is -2.33. The lowest BCUT2D eigenvalue weighted by Gasteiger charge is -2.01. The second-order valence-corrected chi connectivity index (χ2v) is 5.72. The molecule has 0 bridgehead atoms. The standard InChI is InChI=1S/C16H11NO2S/c1-19-9-6-7-11-13(8-9)20-16-10-4-2-3-5-12(10)17-14(16)15(11)18/h2-8,17H,1H3. The molecule has 4 heteroatoms. The molecule has 0 aliphatic rings. The van der Waals surface area contributed by atoms with Crippen LogP contribution in [0.3, 0.4) is 0 Å². The third kappa shape index (κ3) is 1.48. The van der Waals surface area contributed by atoms with Crippen molar-refractivity contribution < 1.29 is 4.74 Å². The summed E-state index contributed by atoms with van der Waals surface area (Å²) in [6.45, 7) is 0. The van der Waals surface area contributed by atoms with E-state index in [0.29, 0.717) is 5.52 Å². The van der Waals surface area contributed by atoms with Gasteiger partial charge in [-0.1, -0.05) is 18.2 Å². The third-order valence-electron chi connectivity index (χ3n) is 3.53. The number of H-pyrrole nitrogens is 1. The van der Waals surface area contributed by atoms with Crippen molar-refractivity contribution in [2.24, 2.45) is 0 Å². The van der Waals surface area contributed by atoms with Gasteiger partial charge in [-0.15, -0.1) is 11.3 Å².